The van der Waals surface area contributed by atoms with Crippen molar-refractivity contribution in [1.29, 1.82) is 0 Å². The lowest BCUT2D eigenvalue weighted by Gasteiger charge is -2.09. The van der Waals surface area contributed by atoms with Crippen LogP contribution in [0.15, 0.2) is 48.5 Å². The third kappa shape index (κ3) is 4.56. The van der Waals surface area contributed by atoms with Gasteiger partial charge in [-0.25, -0.2) is 0 Å². The molecule has 0 radical (unpaired) electrons. The Hall–Kier alpha value is -2.52. The maximum absolute atomic E-state index is 12.6. The summed E-state index contributed by atoms with van der Waals surface area (Å²) in [7, 11) is 0. The van der Waals surface area contributed by atoms with Gasteiger partial charge in [-0.15, -0.1) is 11.3 Å². The van der Waals surface area contributed by atoms with Crippen molar-refractivity contribution in [3.8, 4) is 5.75 Å². The van der Waals surface area contributed by atoms with Crippen molar-refractivity contribution >= 4 is 44.3 Å². The van der Waals surface area contributed by atoms with Crippen LogP contribution in [0.5, 0.6) is 5.75 Å². The lowest BCUT2D eigenvalue weighted by atomic mass is 10.1. The Labute approximate surface area is 172 Å². The number of carbonyl (C=O) groups excluding carboxylic acids is 2. The van der Waals surface area contributed by atoms with E-state index in [1.54, 1.807) is 6.07 Å². The first kappa shape index (κ1) is 19.8. The van der Waals surface area contributed by atoms with Crippen molar-refractivity contribution < 1.29 is 27.5 Å². The van der Waals surface area contributed by atoms with E-state index < -0.39 is 17.0 Å². The summed E-state index contributed by atoms with van der Waals surface area (Å²) in [5.41, 5.74) is -0.0523. The zero-order chi connectivity index (χ0) is 20.6. The van der Waals surface area contributed by atoms with Gasteiger partial charge < -0.3 is 4.74 Å². The number of benzene rings is 2. The maximum atomic E-state index is 12.6. The van der Waals surface area contributed by atoms with Crippen molar-refractivity contribution in [1.82, 2.24) is 5.32 Å². The van der Waals surface area contributed by atoms with Crippen molar-refractivity contribution in [3.63, 3.8) is 0 Å². The second-order valence-corrected chi connectivity index (χ2v) is 8.83. The van der Waals surface area contributed by atoms with Crippen LogP contribution < -0.4 is 10.1 Å². The first-order valence-electron chi connectivity index (χ1n) is 8.61. The molecule has 0 bridgehead atoms. The Morgan fingerprint density at radius 1 is 1.03 bits per heavy atom. The monoisotopic (exact) mass is 437 g/mol. The fourth-order valence-electron chi connectivity index (χ4n) is 2.92. The average Bonchev–Trinajstić information content (AvgIpc) is 3.21. The number of hydrogen-bond donors (Lipinski definition) is 1. The summed E-state index contributed by atoms with van der Waals surface area (Å²) in [5, 5.41) is 2.55. The summed E-state index contributed by atoms with van der Waals surface area (Å²) < 4.78 is 44.5. The average molecular weight is 437 g/mol. The second-order valence-electron chi connectivity index (χ2n) is 6.48. The highest BCUT2D eigenvalue weighted by Crippen LogP contribution is 2.33. The van der Waals surface area contributed by atoms with E-state index >= 15 is 0 Å². The van der Waals surface area contributed by atoms with Gasteiger partial charge in [0.25, 0.3) is 5.24 Å². The van der Waals surface area contributed by atoms with Gasteiger partial charge in [0.2, 0.25) is 5.91 Å². The zero-order valence-corrected chi connectivity index (χ0v) is 16.4. The first-order valence-corrected chi connectivity index (χ1v) is 10.3. The number of fused-ring (bicyclic) bond motifs is 1. The van der Waals surface area contributed by atoms with Crippen molar-refractivity contribution in [2.24, 2.45) is 0 Å². The minimum atomic E-state index is -4.35. The summed E-state index contributed by atoms with van der Waals surface area (Å²) in [4.78, 5) is 24.0. The number of alkyl halides is 3. The summed E-state index contributed by atoms with van der Waals surface area (Å²) in [6, 6.07) is 12.4. The predicted molar refractivity (Wildman–Crippen MR) is 106 cm³/mol. The topological polar surface area (TPSA) is 55.4 Å². The molecule has 4 nitrogen and oxygen atoms in total. The van der Waals surface area contributed by atoms with Crippen LogP contribution in [-0.4, -0.2) is 16.4 Å². The molecule has 2 aromatic carbocycles. The highest BCUT2D eigenvalue weighted by atomic mass is 32.2. The number of nitrogens with one attached hydrogen (secondary N) is 1. The van der Waals surface area contributed by atoms with E-state index in [0.717, 1.165) is 38.9 Å². The van der Waals surface area contributed by atoms with Gasteiger partial charge in [-0.1, -0.05) is 23.9 Å². The van der Waals surface area contributed by atoms with Gasteiger partial charge in [0.05, 0.1) is 10.8 Å². The number of thioether (sulfide) groups is 1. The standard InChI is InChI=1S/C20H14F3NO3S2/c21-20(22,23)13-4-1-11(2-5-13)10-27-14-6-3-12-7-15(28-16(12)8-14)9-17-18(25)24-19(26)29-17/h1-8,17H,9-10H2,(H,24,25,26). The molecule has 3 aromatic rings. The Morgan fingerprint density at radius 3 is 2.45 bits per heavy atom. The summed E-state index contributed by atoms with van der Waals surface area (Å²) in [5.74, 6) is 0.340. The summed E-state index contributed by atoms with van der Waals surface area (Å²) in [6.45, 7) is 0.156. The van der Waals surface area contributed by atoms with Gasteiger partial charge >= 0.3 is 6.18 Å². The Morgan fingerprint density at radius 2 is 1.79 bits per heavy atom. The van der Waals surface area contributed by atoms with Crippen LogP contribution in [0, 0.1) is 0 Å². The van der Waals surface area contributed by atoms with Gasteiger partial charge in [-0.3, -0.25) is 14.9 Å². The van der Waals surface area contributed by atoms with E-state index in [1.165, 1.54) is 23.5 Å². The molecule has 1 unspecified atom stereocenters. The molecule has 1 aliphatic heterocycles. The first-order chi connectivity index (χ1) is 13.8. The van der Waals surface area contributed by atoms with Crippen LogP contribution in [0.3, 0.4) is 0 Å². The minimum Gasteiger partial charge on any atom is -0.489 e. The Bertz CT molecular complexity index is 1080. The number of carbonyl (C=O) groups is 2. The molecule has 2 heterocycles. The largest absolute Gasteiger partial charge is 0.489 e. The number of ether oxygens (including phenoxy) is 1. The molecule has 9 heteroatoms. The smallest absolute Gasteiger partial charge is 0.416 e. The van der Waals surface area contributed by atoms with Gasteiger partial charge in [0.1, 0.15) is 12.4 Å². The number of thiophene rings is 1. The molecule has 1 N–H and O–H groups in total. The van der Waals surface area contributed by atoms with Gasteiger partial charge in [0, 0.05) is 16.0 Å². The van der Waals surface area contributed by atoms with E-state index in [0.29, 0.717) is 17.7 Å². The number of halogens is 3. The fourth-order valence-corrected chi connectivity index (χ4v) is 5.01. The lowest BCUT2D eigenvalue weighted by Crippen LogP contribution is -2.25. The molecule has 0 spiro atoms. The van der Waals surface area contributed by atoms with E-state index in [4.69, 9.17) is 4.74 Å². The molecule has 2 amide bonds. The van der Waals surface area contributed by atoms with Crippen LogP contribution in [0.4, 0.5) is 18.0 Å². The van der Waals surface area contributed by atoms with Crippen LogP contribution in [0.2, 0.25) is 0 Å². The van der Waals surface area contributed by atoms with Crippen molar-refractivity contribution in [2.45, 2.75) is 24.5 Å². The molecule has 150 valence electrons. The van der Waals surface area contributed by atoms with Gasteiger partial charge in [0.15, 0.2) is 0 Å². The van der Waals surface area contributed by atoms with E-state index in [-0.39, 0.29) is 17.8 Å². The molecule has 4 rings (SSSR count). The molecule has 0 saturated carbocycles. The molecule has 1 atom stereocenters. The third-order valence-corrected chi connectivity index (χ3v) is 6.48. The molecule has 0 aliphatic carbocycles. The molecule has 1 aliphatic rings. The second kappa shape index (κ2) is 7.72. The third-order valence-electron chi connectivity index (χ3n) is 4.38. The Kier molecular flexibility index (Phi) is 5.26. The van der Waals surface area contributed by atoms with E-state index in [9.17, 15) is 22.8 Å². The maximum Gasteiger partial charge on any atom is 0.416 e. The van der Waals surface area contributed by atoms with Crippen LogP contribution >= 0.6 is 23.1 Å². The van der Waals surface area contributed by atoms with Crippen LogP contribution in [0.25, 0.3) is 10.1 Å². The summed E-state index contributed by atoms with van der Waals surface area (Å²) in [6.07, 6.45) is -3.88. The zero-order valence-electron chi connectivity index (χ0n) is 14.8. The molecule has 1 fully saturated rings. The highest BCUT2D eigenvalue weighted by molar-refractivity contribution is 8.15. The SMILES string of the molecule is O=C1NC(=O)C(Cc2cc3ccc(OCc4ccc(C(F)(F)F)cc4)cc3s2)S1. The highest BCUT2D eigenvalue weighted by Gasteiger charge is 2.32. The Balaban J connectivity index is 1.42. The van der Waals surface area contributed by atoms with Crippen molar-refractivity contribution in [3.05, 3.63) is 64.5 Å². The molecular formula is C20H14F3NO3S2. The van der Waals surface area contributed by atoms with E-state index in [2.05, 4.69) is 5.32 Å². The quantitative estimate of drug-likeness (QED) is 0.581. The summed E-state index contributed by atoms with van der Waals surface area (Å²) >= 11 is 2.52. The van der Waals surface area contributed by atoms with E-state index in [1.807, 2.05) is 18.2 Å². The number of imide groups is 1. The number of hydrogen-bond acceptors (Lipinski definition) is 5. The van der Waals surface area contributed by atoms with Gasteiger partial charge in [-0.05, 0) is 47.3 Å². The number of amides is 2. The van der Waals surface area contributed by atoms with Crippen LogP contribution in [-0.2, 0) is 24.0 Å². The minimum absolute atomic E-state index is 0.156. The molecule has 1 aromatic heterocycles. The van der Waals surface area contributed by atoms with Crippen molar-refractivity contribution in [2.75, 3.05) is 0 Å². The number of rotatable bonds is 5. The molecular weight excluding hydrogens is 423 g/mol. The molecule has 1 saturated heterocycles. The van der Waals surface area contributed by atoms with Crippen LogP contribution in [0.1, 0.15) is 16.0 Å². The normalized spacial score (nSPS) is 17.0. The fraction of sp³-hybridized carbons (Fsp3) is 0.200. The van der Waals surface area contributed by atoms with Gasteiger partial charge in [-0.2, -0.15) is 13.2 Å². The predicted octanol–water partition coefficient (Wildman–Crippen LogP) is 5.39. The molecule has 29 heavy (non-hydrogen) atoms. The lowest BCUT2D eigenvalue weighted by molar-refractivity contribution is -0.137.